The predicted molar refractivity (Wildman–Crippen MR) is 70.8 cm³/mol. The molecule has 1 rings (SSSR count). The highest BCUT2D eigenvalue weighted by Gasteiger charge is 2.07. The summed E-state index contributed by atoms with van der Waals surface area (Å²) in [4.78, 5) is 26.0. The van der Waals surface area contributed by atoms with Crippen molar-refractivity contribution in [2.24, 2.45) is 0 Å². The van der Waals surface area contributed by atoms with Gasteiger partial charge in [-0.1, -0.05) is 13.8 Å². The molecule has 6 heteroatoms. The number of hydrogen-bond donors (Lipinski definition) is 2. The highest BCUT2D eigenvalue weighted by atomic mass is 16.4. The summed E-state index contributed by atoms with van der Waals surface area (Å²) in [7, 11) is 0. The van der Waals surface area contributed by atoms with Crippen LogP contribution in [-0.2, 0) is 16.1 Å². The molecule has 0 aliphatic rings. The first-order valence-electron chi connectivity index (χ1n) is 6.50. The number of carbonyl (C=O) groups excluding carboxylic acids is 1. The highest BCUT2D eigenvalue weighted by Crippen LogP contribution is 2.10. The fraction of sp³-hybridized carbons (Fsp3) is 0.615. The van der Waals surface area contributed by atoms with Crippen molar-refractivity contribution in [1.29, 1.82) is 0 Å². The van der Waals surface area contributed by atoms with Gasteiger partial charge in [0.15, 0.2) is 0 Å². The highest BCUT2D eigenvalue weighted by molar-refractivity contribution is 5.76. The Balaban J connectivity index is 2.24. The number of rotatable bonds is 8. The van der Waals surface area contributed by atoms with Gasteiger partial charge in [-0.05, 0) is 6.42 Å². The van der Waals surface area contributed by atoms with Crippen molar-refractivity contribution in [2.75, 3.05) is 6.54 Å². The van der Waals surface area contributed by atoms with E-state index in [0.29, 0.717) is 25.4 Å². The Morgan fingerprint density at radius 1 is 1.42 bits per heavy atom. The van der Waals surface area contributed by atoms with Crippen LogP contribution in [0, 0.1) is 0 Å². The minimum atomic E-state index is -0.868. The van der Waals surface area contributed by atoms with Crippen LogP contribution in [0.3, 0.4) is 0 Å². The number of aromatic nitrogens is 2. The molecule has 1 heterocycles. The Morgan fingerprint density at radius 3 is 2.79 bits per heavy atom. The van der Waals surface area contributed by atoms with Crippen LogP contribution in [0.15, 0.2) is 12.4 Å². The number of imidazole rings is 1. The van der Waals surface area contributed by atoms with Crippen LogP contribution in [0.5, 0.6) is 0 Å². The summed E-state index contributed by atoms with van der Waals surface area (Å²) in [6.45, 7) is 5.35. The Hall–Kier alpha value is -1.85. The van der Waals surface area contributed by atoms with Crippen molar-refractivity contribution in [1.82, 2.24) is 14.9 Å². The first kappa shape index (κ1) is 15.2. The number of aliphatic carboxylic acids is 1. The molecule has 0 unspecified atom stereocenters. The van der Waals surface area contributed by atoms with Crippen molar-refractivity contribution < 1.29 is 14.7 Å². The minimum Gasteiger partial charge on any atom is -0.481 e. The van der Waals surface area contributed by atoms with Gasteiger partial charge in [0.1, 0.15) is 5.82 Å². The summed E-state index contributed by atoms with van der Waals surface area (Å²) >= 11 is 0. The molecular formula is C13H21N3O3. The topological polar surface area (TPSA) is 84.2 Å². The van der Waals surface area contributed by atoms with Crippen molar-refractivity contribution in [2.45, 2.75) is 45.6 Å². The number of nitrogens with zero attached hydrogens (tertiary/aromatic N) is 2. The van der Waals surface area contributed by atoms with Gasteiger partial charge in [0.05, 0.1) is 0 Å². The molecule has 6 nitrogen and oxygen atoms in total. The van der Waals surface area contributed by atoms with Crippen LogP contribution in [0.1, 0.15) is 44.9 Å². The molecule has 1 aromatic heterocycles. The van der Waals surface area contributed by atoms with E-state index in [9.17, 15) is 9.59 Å². The summed E-state index contributed by atoms with van der Waals surface area (Å²) in [5.74, 6) is 0.377. The number of amides is 1. The van der Waals surface area contributed by atoms with Crippen LogP contribution in [0.25, 0.3) is 0 Å². The average molecular weight is 267 g/mol. The number of carboxylic acid groups (broad SMARTS) is 1. The summed E-state index contributed by atoms with van der Waals surface area (Å²) in [6.07, 6.45) is 4.32. The van der Waals surface area contributed by atoms with Gasteiger partial charge in [-0.2, -0.15) is 0 Å². The van der Waals surface area contributed by atoms with E-state index in [0.717, 1.165) is 5.82 Å². The van der Waals surface area contributed by atoms with Crippen LogP contribution in [-0.4, -0.2) is 33.1 Å². The lowest BCUT2D eigenvalue weighted by molar-refractivity contribution is -0.137. The fourth-order valence-corrected chi connectivity index (χ4v) is 1.81. The monoisotopic (exact) mass is 267 g/mol. The van der Waals surface area contributed by atoms with Crippen molar-refractivity contribution >= 4 is 11.9 Å². The summed E-state index contributed by atoms with van der Waals surface area (Å²) < 4.78 is 2.02. The number of nitrogens with one attached hydrogen (secondary N) is 1. The number of hydrogen-bond acceptors (Lipinski definition) is 3. The van der Waals surface area contributed by atoms with Gasteiger partial charge in [-0.25, -0.2) is 4.98 Å². The molecule has 0 fully saturated rings. The average Bonchev–Trinajstić information content (AvgIpc) is 2.77. The van der Waals surface area contributed by atoms with Gasteiger partial charge in [-0.3, -0.25) is 9.59 Å². The molecular weight excluding hydrogens is 246 g/mol. The fourth-order valence-electron chi connectivity index (χ4n) is 1.81. The molecule has 0 spiro atoms. The van der Waals surface area contributed by atoms with E-state index in [2.05, 4.69) is 24.1 Å². The number of carbonyl (C=O) groups is 2. The maximum Gasteiger partial charge on any atom is 0.303 e. The zero-order valence-corrected chi connectivity index (χ0v) is 11.4. The minimum absolute atomic E-state index is 0.0342. The first-order valence-corrected chi connectivity index (χ1v) is 6.50. The molecule has 106 valence electrons. The normalized spacial score (nSPS) is 10.7. The molecule has 1 amide bonds. The second-order valence-corrected chi connectivity index (χ2v) is 4.73. The van der Waals surface area contributed by atoms with Gasteiger partial charge in [0.25, 0.3) is 0 Å². The molecule has 1 aromatic rings. The predicted octanol–water partition coefficient (Wildman–Crippen LogP) is 1.38. The zero-order chi connectivity index (χ0) is 14.3. The SMILES string of the molecule is CC(C)c1nccn1CCNC(=O)CCCC(=O)O. The van der Waals surface area contributed by atoms with Crippen LogP contribution < -0.4 is 5.32 Å². The van der Waals surface area contributed by atoms with Gasteiger partial charge in [-0.15, -0.1) is 0 Å². The molecule has 19 heavy (non-hydrogen) atoms. The summed E-state index contributed by atoms with van der Waals surface area (Å²) in [5, 5.41) is 11.2. The van der Waals surface area contributed by atoms with E-state index in [1.54, 1.807) is 6.20 Å². The first-order chi connectivity index (χ1) is 9.00. The van der Waals surface area contributed by atoms with Crippen LogP contribution >= 0.6 is 0 Å². The summed E-state index contributed by atoms with van der Waals surface area (Å²) in [6, 6.07) is 0. The van der Waals surface area contributed by atoms with Crippen molar-refractivity contribution in [3.05, 3.63) is 18.2 Å². The largest absolute Gasteiger partial charge is 0.481 e. The molecule has 0 aliphatic heterocycles. The Labute approximate surface area is 112 Å². The second kappa shape index (κ2) is 7.56. The van der Waals surface area contributed by atoms with E-state index in [1.807, 2.05) is 10.8 Å². The smallest absolute Gasteiger partial charge is 0.303 e. The third-order valence-corrected chi connectivity index (χ3v) is 2.73. The lowest BCUT2D eigenvalue weighted by Crippen LogP contribution is -2.27. The van der Waals surface area contributed by atoms with Crippen molar-refractivity contribution in [3.63, 3.8) is 0 Å². The lowest BCUT2D eigenvalue weighted by atomic mass is 10.2. The van der Waals surface area contributed by atoms with E-state index < -0.39 is 5.97 Å². The quantitative estimate of drug-likeness (QED) is 0.745. The lowest BCUT2D eigenvalue weighted by Gasteiger charge is -2.10. The van der Waals surface area contributed by atoms with Gasteiger partial charge in [0.2, 0.25) is 5.91 Å². The zero-order valence-electron chi connectivity index (χ0n) is 11.4. The number of carboxylic acids is 1. The van der Waals surface area contributed by atoms with Gasteiger partial charge in [0, 0.05) is 44.2 Å². The molecule has 0 aromatic carbocycles. The van der Waals surface area contributed by atoms with Crippen molar-refractivity contribution in [3.8, 4) is 0 Å². The van der Waals surface area contributed by atoms with E-state index in [-0.39, 0.29) is 18.7 Å². The Kier molecular flexibility index (Phi) is 6.05. The van der Waals surface area contributed by atoms with E-state index >= 15 is 0 Å². The maximum absolute atomic E-state index is 11.4. The molecule has 0 saturated heterocycles. The summed E-state index contributed by atoms with van der Waals surface area (Å²) in [5.41, 5.74) is 0. The molecule has 0 radical (unpaired) electrons. The standard InChI is InChI=1S/C13H21N3O3/c1-10(2)13-15-7-9-16(13)8-6-14-11(17)4-3-5-12(18)19/h7,9-10H,3-6,8H2,1-2H3,(H,14,17)(H,18,19). The molecule has 0 bridgehead atoms. The third-order valence-electron chi connectivity index (χ3n) is 2.73. The Bertz CT molecular complexity index is 427. The van der Waals surface area contributed by atoms with Gasteiger partial charge < -0.3 is 15.0 Å². The Morgan fingerprint density at radius 2 is 2.16 bits per heavy atom. The van der Waals surface area contributed by atoms with Crippen LogP contribution in [0.2, 0.25) is 0 Å². The maximum atomic E-state index is 11.4. The van der Waals surface area contributed by atoms with E-state index in [4.69, 9.17) is 5.11 Å². The van der Waals surface area contributed by atoms with Gasteiger partial charge >= 0.3 is 5.97 Å². The molecule has 2 N–H and O–H groups in total. The van der Waals surface area contributed by atoms with Crippen LogP contribution in [0.4, 0.5) is 0 Å². The molecule has 0 atom stereocenters. The molecule has 0 saturated carbocycles. The third kappa shape index (κ3) is 5.54. The van der Waals surface area contributed by atoms with E-state index in [1.165, 1.54) is 0 Å². The second-order valence-electron chi connectivity index (χ2n) is 4.73. The molecule has 0 aliphatic carbocycles.